The number of hydrogen-bond donors (Lipinski definition) is 0. The van der Waals surface area contributed by atoms with Gasteiger partial charge in [0.25, 0.3) is 0 Å². The summed E-state index contributed by atoms with van der Waals surface area (Å²) in [5.74, 6) is 0.498. The van der Waals surface area contributed by atoms with Crippen molar-refractivity contribution < 1.29 is 9.59 Å². The van der Waals surface area contributed by atoms with Crippen LogP contribution in [0.1, 0.15) is 58.6 Å². The predicted molar refractivity (Wildman–Crippen MR) is 99.9 cm³/mol. The summed E-state index contributed by atoms with van der Waals surface area (Å²) in [5, 5.41) is 0. The zero-order valence-electron chi connectivity index (χ0n) is 16.2. The van der Waals surface area contributed by atoms with Crippen LogP contribution >= 0.6 is 0 Å². The third kappa shape index (κ3) is 5.91. The average molecular weight is 348 g/mol. The van der Waals surface area contributed by atoms with E-state index in [4.69, 9.17) is 0 Å². The summed E-state index contributed by atoms with van der Waals surface area (Å²) in [4.78, 5) is 29.2. The van der Waals surface area contributed by atoms with Gasteiger partial charge in [-0.1, -0.05) is 27.2 Å². The molecule has 0 bridgehead atoms. The molecule has 1 aliphatic rings. The molecule has 0 aliphatic heterocycles. The van der Waals surface area contributed by atoms with Crippen molar-refractivity contribution in [3.63, 3.8) is 0 Å². The fourth-order valence-electron chi connectivity index (χ4n) is 3.02. The molecule has 0 N–H and O–H groups in total. The van der Waals surface area contributed by atoms with Gasteiger partial charge in [0.15, 0.2) is 0 Å². The Morgan fingerprint density at radius 3 is 2.52 bits per heavy atom. The number of rotatable bonds is 10. The van der Waals surface area contributed by atoms with Gasteiger partial charge in [0.2, 0.25) is 11.8 Å². The first kappa shape index (κ1) is 19.5. The Morgan fingerprint density at radius 1 is 1.28 bits per heavy atom. The summed E-state index contributed by atoms with van der Waals surface area (Å²) >= 11 is 0. The van der Waals surface area contributed by atoms with Gasteiger partial charge < -0.3 is 14.4 Å². The normalized spacial score (nSPS) is 14.0. The first-order valence-electron chi connectivity index (χ1n) is 9.59. The van der Waals surface area contributed by atoms with Crippen molar-refractivity contribution in [3.8, 4) is 0 Å². The van der Waals surface area contributed by atoms with Crippen LogP contribution in [-0.2, 0) is 23.2 Å². The molecule has 0 spiro atoms. The van der Waals surface area contributed by atoms with Gasteiger partial charge >= 0.3 is 0 Å². The van der Waals surface area contributed by atoms with Gasteiger partial charge in [-0.3, -0.25) is 9.59 Å². The highest BCUT2D eigenvalue weighted by molar-refractivity contribution is 5.85. The predicted octanol–water partition coefficient (Wildman–Crippen LogP) is 3.19. The summed E-state index contributed by atoms with van der Waals surface area (Å²) in [6, 6.07) is 4.40. The number of aryl methyl sites for hydroxylation is 1. The number of amides is 2. The van der Waals surface area contributed by atoms with E-state index in [-0.39, 0.29) is 18.4 Å². The number of hydrogen-bond acceptors (Lipinski definition) is 2. The number of aromatic nitrogens is 1. The summed E-state index contributed by atoms with van der Waals surface area (Å²) in [6.45, 7) is 7.72. The molecule has 1 saturated carbocycles. The van der Waals surface area contributed by atoms with Crippen molar-refractivity contribution in [1.82, 2.24) is 14.4 Å². The highest BCUT2D eigenvalue weighted by atomic mass is 16.2. The van der Waals surface area contributed by atoms with Crippen molar-refractivity contribution in [2.75, 3.05) is 13.1 Å². The average Bonchev–Trinajstić information content (AvgIpc) is 3.31. The van der Waals surface area contributed by atoms with Gasteiger partial charge in [-0.25, -0.2) is 0 Å². The van der Waals surface area contributed by atoms with Gasteiger partial charge in [-0.05, 0) is 37.3 Å². The highest BCUT2D eigenvalue weighted by Gasteiger charge is 2.34. The Kier molecular flexibility index (Phi) is 7.09. The topological polar surface area (TPSA) is 45.6 Å². The molecule has 25 heavy (non-hydrogen) atoms. The molecule has 5 heteroatoms. The van der Waals surface area contributed by atoms with Crippen molar-refractivity contribution in [1.29, 1.82) is 0 Å². The largest absolute Gasteiger partial charge is 0.353 e. The molecule has 1 aromatic rings. The molecular formula is C20H33N3O2. The van der Waals surface area contributed by atoms with E-state index in [9.17, 15) is 9.59 Å². The first-order valence-corrected chi connectivity index (χ1v) is 9.59. The zero-order valence-corrected chi connectivity index (χ0v) is 16.2. The minimum atomic E-state index is 0.0805. The van der Waals surface area contributed by atoms with Crippen LogP contribution in [0.15, 0.2) is 18.3 Å². The molecule has 1 heterocycles. The molecule has 1 aromatic heterocycles. The summed E-state index contributed by atoms with van der Waals surface area (Å²) in [7, 11) is 2.00. The number of carbonyl (C=O) groups is 2. The van der Waals surface area contributed by atoms with E-state index in [1.54, 1.807) is 4.90 Å². The zero-order chi connectivity index (χ0) is 18.4. The Balaban J connectivity index is 2.02. The van der Waals surface area contributed by atoms with E-state index in [2.05, 4.69) is 17.6 Å². The minimum absolute atomic E-state index is 0.0805. The van der Waals surface area contributed by atoms with E-state index < -0.39 is 0 Å². The number of unbranched alkanes of at least 4 members (excludes halogenated alkanes) is 1. The lowest BCUT2D eigenvalue weighted by atomic mass is 10.1. The van der Waals surface area contributed by atoms with Crippen LogP contribution in [0, 0.1) is 5.92 Å². The van der Waals surface area contributed by atoms with Gasteiger partial charge in [-0.15, -0.1) is 0 Å². The molecule has 2 rings (SSSR count). The monoisotopic (exact) mass is 347 g/mol. The Hall–Kier alpha value is -1.78. The third-order valence-electron chi connectivity index (χ3n) is 4.73. The molecule has 0 unspecified atom stereocenters. The lowest BCUT2D eigenvalue weighted by Crippen LogP contribution is -2.44. The SMILES string of the molecule is CCCCN(CC(=O)N(Cc1cccn1C)C1CC1)C(=O)CC(C)C. The molecule has 1 aliphatic carbocycles. The van der Waals surface area contributed by atoms with Crippen LogP contribution in [0.5, 0.6) is 0 Å². The standard InChI is InChI=1S/C20H33N3O2/c1-5-6-12-22(19(24)13-16(2)3)15-20(25)23(17-9-10-17)14-18-8-7-11-21(18)4/h7-8,11,16-17H,5-6,9-10,12-15H2,1-4H3. The summed E-state index contributed by atoms with van der Waals surface area (Å²) < 4.78 is 2.06. The Bertz CT molecular complexity index is 575. The maximum Gasteiger partial charge on any atom is 0.242 e. The summed E-state index contributed by atoms with van der Waals surface area (Å²) in [6.07, 6.45) is 6.63. The van der Waals surface area contributed by atoms with Crippen LogP contribution in [0.4, 0.5) is 0 Å². The maximum atomic E-state index is 12.9. The second kappa shape index (κ2) is 9.07. The van der Waals surface area contributed by atoms with Gasteiger partial charge in [0.1, 0.15) is 0 Å². The molecule has 0 aromatic carbocycles. The van der Waals surface area contributed by atoms with Gasteiger partial charge in [0.05, 0.1) is 13.1 Å². The molecular weight excluding hydrogens is 314 g/mol. The van der Waals surface area contributed by atoms with E-state index in [1.807, 2.05) is 38.1 Å². The van der Waals surface area contributed by atoms with Crippen molar-refractivity contribution >= 4 is 11.8 Å². The smallest absolute Gasteiger partial charge is 0.242 e. The summed E-state index contributed by atoms with van der Waals surface area (Å²) in [5.41, 5.74) is 1.13. The molecule has 0 saturated heterocycles. The Labute approximate surface area is 152 Å². The van der Waals surface area contributed by atoms with E-state index in [0.717, 1.165) is 31.4 Å². The van der Waals surface area contributed by atoms with Gasteiger partial charge in [-0.2, -0.15) is 0 Å². The molecule has 0 atom stereocenters. The first-order chi connectivity index (χ1) is 11.9. The van der Waals surface area contributed by atoms with E-state index >= 15 is 0 Å². The van der Waals surface area contributed by atoms with Crippen LogP contribution in [-0.4, -0.2) is 45.3 Å². The third-order valence-corrected chi connectivity index (χ3v) is 4.73. The second-order valence-corrected chi connectivity index (χ2v) is 7.63. The lowest BCUT2D eigenvalue weighted by Gasteiger charge is -2.28. The lowest BCUT2D eigenvalue weighted by molar-refractivity contribution is -0.141. The maximum absolute atomic E-state index is 12.9. The molecule has 1 fully saturated rings. The quantitative estimate of drug-likeness (QED) is 0.652. The fraction of sp³-hybridized carbons (Fsp3) is 0.700. The van der Waals surface area contributed by atoms with Crippen molar-refractivity contribution in [2.24, 2.45) is 13.0 Å². The van der Waals surface area contributed by atoms with Crippen molar-refractivity contribution in [2.45, 2.75) is 65.5 Å². The van der Waals surface area contributed by atoms with E-state index in [1.165, 1.54) is 0 Å². The number of carbonyl (C=O) groups excluding carboxylic acids is 2. The minimum Gasteiger partial charge on any atom is -0.353 e. The van der Waals surface area contributed by atoms with Crippen molar-refractivity contribution in [3.05, 3.63) is 24.0 Å². The number of nitrogens with zero attached hydrogens (tertiary/aromatic N) is 3. The second-order valence-electron chi connectivity index (χ2n) is 7.63. The molecule has 0 radical (unpaired) electrons. The van der Waals surface area contributed by atoms with E-state index in [0.29, 0.717) is 31.5 Å². The molecule has 140 valence electrons. The van der Waals surface area contributed by atoms with Crippen LogP contribution in [0.2, 0.25) is 0 Å². The van der Waals surface area contributed by atoms with Gasteiger partial charge in [0, 0.05) is 37.9 Å². The van der Waals surface area contributed by atoms with Crippen LogP contribution < -0.4 is 0 Å². The fourth-order valence-corrected chi connectivity index (χ4v) is 3.02. The van der Waals surface area contributed by atoms with Crippen LogP contribution in [0.3, 0.4) is 0 Å². The Morgan fingerprint density at radius 2 is 2.00 bits per heavy atom. The van der Waals surface area contributed by atoms with Crippen LogP contribution in [0.25, 0.3) is 0 Å². The highest BCUT2D eigenvalue weighted by Crippen LogP contribution is 2.28. The molecule has 2 amide bonds. The molecule has 5 nitrogen and oxygen atoms in total.